The van der Waals surface area contributed by atoms with Gasteiger partial charge in [0, 0.05) is 23.5 Å². The first kappa shape index (κ1) is 6.86. The molecule has 2 aromatic rings. The number of hydrogen-bond acceptors (Lipinski definition) is 2. The number of rotatable bonds is 0. The highest BCUT2D eigenvalue weighted by Crippen LogP contribution is 2.19. The lowest BCUT2D eigenvalue weighted by molar-refractivity contribution is 1.28. The van der Waals surface area contributed by atoms with E-state index >= 15 is 0 Å². The second-order valence-corrected chi connectivity index (χ2v) is 2.66. The maximum Gasteiger partial charge on any atom is 0.102 e. The van der Waals surface area contributed by atoms with Gasteiger partial charge in [-0.1, -0.05) is 0 Å². The molecule has 0 aliphatic rings. The van der Waals surface area contributed by atoms with E-state index in [2.05, 4.69) is 16.0 Å². The van der Waals surface area contributed by atoms with Crippen molar-refractivity contribution in [3.8, 4) is 6.07 Å². The van der Waals surface area contributed by atoms with Gasteiger partial charge < -0.3 is 4.98 Å². The van der Waals surface area contributed by atoms with Gasteiger partial charge in [-0.15, -0.1) is 0 Å². The summed E-state index contributed by atoms with van der Waals surface area (Å²) in [6, 6.07) is 4.01. The highest BCUT2D eigenvalue weighted by Gasteiger charge is 2.05. The van der Waals surface area contributed by atoms with Gasteiger partial charge in [0.1, 0.15) is 6.07 Å². The second kappa shape index (κ2) is 2.35. The van der Waals surface area contributed by atoms with Crippen molar-refractivity contribution >= 4 is 10.9 Å². The van der Waals surface area contributed by atoms with Crippen LogP contribution in [0.4, 0.5) is 0 Å². The van der Waals surface area contributed by atoms with E-state index in [0.29, 0.717) is 5.56 Å². The number of nitrogens with zero attached hydrogens (tertiary/aromatic N) is 2. The van der Waals surface area contributed by atoms with Gasteiger partial charge in [-0.05, 0) is 13.0 Å². The quantitative estimate of drug-likeness (QED) is 0.633. The summed E-state index contributed by atoms with van der Waals surface area (Å²) in [7, 11) is 0. The largest absolute Gasteiger partial charge is 0.357 e. The molecule has 58 valence electrons. The molecule has 2 rings (SSSR count). The van der Waals surface area contributed by atoms with E-state index in [9.17, 15) is 0 Å². The summed E-state index contributed by atoms with van der Waals surface area (Å²) in [4.78, 5) is 7.08. The number of H-pyrrole nitrogens is 1. The molecule has 0 unspecified atom stereocenters. The molecule has 0 aliphatic carbocycles. The second-order valence-electron chi connectivity index (χ2n) is 2.66. The van der Waals surface area contributed by atoms with Crippen LogP contribution in [0, 0.1) is 18.3 Å². The first-order valence-corrected chi connectivity index (χ1v) is 3.65. The van der Waals surface area contributed by atoms with E-state index in [-0.39, 0.29) is 0 Å². The van der Waals surface area contributed by atoms with Crippen molar-refractivity contribution < 1.29 is 0 Å². The Hall–Kier alpha value is -1.82. The number of pyridine rings is 1. The fourth-order valence-corrected chi connectivity index (χ4v) is 1.31. The molecule has 0 fully saturated rings. The molecule has 0 atom stereocenters. The summed E-state index contributed by atoms with van der Waals surface area (Å²) in [6.45, 7) is 1.89. The zero-order valence-corrected chi connectivity index (χ0v) is 6.63. The Morgan fingerprint density at radius 2 is 2.42 bits per heavy atom. The summed E-state index contributed by atoms with van der Waals surface area (Å²) in [5.74, 6) is 0. The Labute approximate surface area is 69.7 Å². The number of aromatic nitrogens is 2. The van der Waals surface area contributed by atoms with E-state index in [4.69, 9.17) is 5.26 Å². The van der Waals surface area contributed by atoms with Crippen LogP contribution in [0.15, 0.2) is 18.5 Å². The van der Waals surface area contributed by atoms with Crippen molar-refractivity contribution in [1.82, 2.24) is 9.97 Å². The fraction of sp³-hybridized carbons (Fsp3) is 0.111. The smallest absolute Gasteiger partial charge is 0.102 e. The zero-order valence-electron chi connectivity index (χ0n) is 6.63. The molecular formula is C9H7N3. The number of nitriles is 1. The monoisotopic (exact) mass is 157 g/mol. The van der Waals surface area contributed by atoms with Crippen molar-refractivity contribution in [1.29, 1.82) is 5.26 Å². The lowest BCUT2D eigenvalue weighted by atomic mass is 10.2. The molecule has 0 aromatic carbocycles. The van der Waals surface area contributed by atoms with Crippen LogP contribution in [0.3, 0.4) is 0 Å². The van der Waals surface area contributed by atoms with Crippen LogP contribution in [0.1, 0.15) is 11.3 Å². The molecule has 3 nitrogen and oxygen atoms in total. The van der Waals surface area contributed by atoms with Gasteiger partial charge in [-0.3, -0.25) is 4.98 Å². The van der Waals surface area contributed by atoms with Crippen LogP contribution in [-0.2, 0) is 0 Å². The van der Waals surface area contributed by atoms with Gasteiger partial charge in [0.25, 0.3) is 0 Å². The van der Waals surface area contributed by atoms with Crippen molar-refractivity contribution in [3.63, 3.8) is 0 Å². The van der Waals surface area contributed by atoms with Crippen LogP contribution in [-0.4, -0.2) is 9.97 Å². The molecule has 0 saturated heterocycles. The Morgan fingerprint density at radius 3 is 3.17 bits per heavy atom. The minimum absolute atomic E-state index is 0.693. The SMILES string of the molecule is Cc1[nH]c2ccncc2c1C#N. The Kier molecular flexibility index (Phi) is 1.34. The molecular weight excluding hydrogens is 150 g/mol. The van der Waals surface area contributed by atoms with E-state index in [1.54, 1.807) is 12.4 Å². The minimum atomic E-state index is 0.693. The lowest BCUT2D eigenvalue weighted by Gasteiger charge is -1.85. The lowest BCUT2D eigenvalue weighted by Crippen LogP contribution is -1.74. The molecule has 12 heavy (non-hydrogen) atoms. The number of nitrogens with one attached hydrogen (secondary N) is 1. The van der Waals surface area contributed by atoms with Crippen molar-refractivity contribution in [2.24, 2.45) is 0 Å². The van der Waals surface area contributed by atoms with E-state index in [0.717, 1.165) is 16.6 Å². The summed E-state index contributed by atoms with van der Waals surface area (Å²) in [6.07, 6.45) is 3.41. The predicted octanol–water partition coefficient (Wildman–Crippen LogP) is 1.74. The molecule has 0 aliphatic heterocycles. The molecule has 2 heterocycles. The molecule has 0 amide bonds. The van der Waals surface area contributed by atoms with E-state index in [1.807, 2.05) is 13.0 Å². The maximum absolute atomic E-state index is 8.81. The molecule has 0 spiro atoms. The van der Waals surface area contributed by atoms with Crippen molar-refractivity contribution in [2.45, 2.75) is 6.92 Å². The summed E-state index contributed by atoms with van der Waals surface area (Å²) >= 11 is 0. The molecule has 2 aromatic heterocycles. The van der Waals surface area contributed by atoms with Crippen molar-refractivity contribution in [3.05, 3.63) is 29.7 Å². The van der Waals surface area contributed by atoms with Gasteiger partial charge >= 0.3 is 0 Å². The van der Waals surface area contributed by atoms with Gasteiger partial charge in [-0.25, -0.2) is 0 Å². The number of hydrogen-bond donors (Lipinski definition) is 1. The Balaban J connectivity index is 2.93. The predicted molar refractivity (Wildman–Crippen MR) is 45.5 cm³/mol. The van der Waals surface area contributed by atoms with Crippen LogP contribution >= 0.6 is 0 Å². The highest BCUT2D eigenvalue weighted by atomic mass is 14.7. The Morgan fingerprint density at radius 1 is 1.58 bits per heavy atom. The third-order valence-electron chi connectivity index (χ3n) is 1.90. The normalized spacial score (nSPS) is 10.0. The number of aryl methyl sites for hydroxylation is 1. The van der Waals surface area contributed by atoms with Gasteiger partial charge in [0.2, 0.25) is 0 Å². The average Bonchev–Trinajstić information content (AvgIpc) is 2.40. The third-order valence-corrected chi connectivity index (χ3v) is 1.90. The molecule has 0 saturated carbocycles. The first-order valence-electron chi connectivity index (χ1n) is 3.65. The van der Waals surface area contributed by atoms with E-state index in [1.165, 1.54) is 0 Å². The van der Waals surface area contributed by atoms with Gasteiger partial charge in [0.05, 0.1) is 11.1 Å². The van der Waals surface area contributed by atoms with E-state index < -0.39 is 0 Å². The van der Waals surface area contributed by atoms with Crippen LogP contribution < -0.4 is 0 Å². The number of aromatic amines is 1. The fourth-order valence-electron chi connectivity index (χ4n) is 1.31. The standard InChI is InChI=1S/C9H7N3/c1-6-7(4-10)8-5-11-3-2-9(8)12-6/h2-3,5,12H,1H3. The summed E-state index contributed by atoms with van der Waals surface area (Å²) < 4.78 is 0. The van der Waals surface area contributed by atoms with Gasteiger partial charge in [0.15, 0.2) is 0 Å². The maximum atomic E-state index is 8.81. The topological polar surface area (TPSA) is 52.5 Å². The van der Waals surface area contributed by atoms with Crippen LogP contribution in [0.5, 0.6) is 0 Å². The summed E-state index contributed by atoms with van der Waals surface area (Å²) in [5, 5.41) is 9.71. The number of fused-ring (bicyclic) bond motifs is 1. The average molecular weight is 157 g/mol. The highest BCUT2D eigenvalue weighted by molar-refractivity contribution is 5.86. The third kappa shape index (κ3) is 0.785. The molecule has 1 N–H and O–H groups in total. The molecule has 0 bridgehead atoms. The van der Waals surface area contributed by atoms with Crippen molar-refractivity contribution in [2.75, 3.05) is 0 Å². The Bertz CT molecular complexity index is 462. The zero-order chi connectivity index (χ0) is 8.55. The van der Waals surface area contributed by atoms with Crippen LogP contribution in [0.25, 0.3) is 10.9 Å². The summed E-state index contributed by atoms with van der Waals surface area (Å²) in [5.41, 5.74) is 2.57. The first-order chi connectivity index (χ1) is 5.83. The minimum Gasteiger partial charge on any atom is -0.357 e. The van der Waals surface area contributed by atoms with Gasteiger partial charge in [-0.2, -0.15) is 5.26 Å². The molecule has 0 radical (unpaired) electrons. The molecule has 3 heteroatoms. The van der Waals surface area contributed by atoms with Crippen LogP contribution in [0.2, 0.25) is 0 Å².